The largest absolute Gasteiger partial charge is 0.383 e. The molecule has 0 spiro atoms. The van der Waals surface area contributed by atoms with Crippen LogP contribution in [0.15, 0.2) is 24.3 Å². The van der Waals surface area contributed by atoms with E-state index in [9.17, 15) is 0 Å². The van der Waals surface area contributed by atoms with Crippen LogP contribution < -0.4 is 10.2 Å². The van der Waals surface area contributed by atoms with E-state index in [-0.39, 0.29) is 0 Å². The third-order valence-corrected chi connectivity index (χ3v) is 4.61. The summed E-state index contributed by atoms with van der Waals surface area (Å²) in [5, 5.41) is 3.38. The highest BCUT2D eigenvalue weighted by molar-refractivity contribution is 5.48. The fourth-order valence-electron chi connectivity index (χ4n) is 3.22. The quantitative estimate of drug-likeness (QED) is 0.779. The molecule has 1 fully saturated rings. The molecule has 21 heavy (non-hydrogen) atoms. The van der Waals surface area contributed by atoms with E-state index in [0.29, 0.717) is 6.04 Å². The van der Waals surface area contributed by atoms with E-state index < -0.39 is 0 Å². The molecule has 0 aromatic heterocycles. The first-order valence-corrected chi connectivity index (χ1v) is 8.22. The molecule has 1 aromatic carbocycles. The van der Waals surface area contributed by atoms with Crippen LogP contribution in [0.1, 0.15) is 38.2 Å². The molecule has 0 radical (unpaired) electrons. The maximum atomic E-state index is 5.04. The summed E-state index contributed by atoms with van der Waals surface area (Å²) in [6.45, 7) is 4.96. The zero-order valence-corrected chi connectivity index (χ0v) is 13.8. The summed E-state index contributed by atoms with van der Waals surface area (Å²) >= 11 is 0. The van der Waals surface area contributed by atoms with Crippen molar-refractivity contribution in [2.45, 2.75) is 45.2 Å². The summed E-state index contributed by atoms with van der Waals surface area (Å²) in [6.07, 6.45) is 5.44. The Balaban J connectivity index is 1.85. The number of rotatable bonds is 7. The summed E-state index contributed by atoms with van der Waals surface area (Å²) in [5.74, 6) is 0.871. The first-order chi connectivity index (χ1) is 10.2. The van der Waals surface area contributed by atoms with Crippen LogP contribution in [0.4, 0.5) is 5.69 Å². The van der Waals surface area contributed by atoms with E-state index in [4.69, 9.17) is 4.74 Å². The summed E-state index contributed by atoms with van der Waals surface area (Å²) in [6, 6.07) is 9.69. The number of hydrogen-bond acceptors (Lipinski definition) is 3. The fourth-order valence-corrected chi connectivity index (χ4v) is 3.22. The van der Waals surface area contributed by atoms with Crippen molar-refractivity contribution in [3.63, 3.8) is 0 Å². The van der Waals surface area contributed by atoms with E-state index >= 15 is 0 Å². The van der Waals surface area contributed by atoms with Crippen molar-refractivity contribution in [3.05, 3.63) is 29.8 Å². The van der Waals surface area contributed by atoms with Crippen LogP contribution in [-0.2, 0) is 11.3 Å². The molecule has 1 N–H and O–H groups in total. The standard InChI is InChI=1S/C18H30N2O/c1-15-5-4-6-18(13-15)20(2)17-9-7-16(8-10-17)14-19-11-12-21-3/h7-10,15,18-19H,4-6,11-14H2,1-3H3. The second-order valence-corrected chi connectivity index (χ2v) is 6.37. The van der Waals surface area contributed by atoms with Crippen LogP contribution >= 0.6 is 0 Å². The van der Waals surface area contributed by atoms with Gasteiger partial charge in [-0.15, -0.1) is 0 Å². The predicted molar refractivity (Wildman–Crippen MR) is 89.8 cm³/mol. The molecule has 0 heterocycles. The van der Waals surface area contributed by atoms with Gasteiger partial charge < -0.3 is 15.0 Å². The van der Waals surface area contributed by atoms with Crippen LogP contribution in [0.2, 0.25) is 0 Å². The van der Waals surface area contributed by atoms with E-state index in [2.05, 4.69) is 48.5 Å². The minimum atomic E-state index is 0.708. The lowest BCUT2D eigenvalue weighted by Crippen LogP contribution is -2.35. The number of anilines is 1. The first-order valence-electron chi connectivity index (χ1n) is 8.22. The highest BCUT2D eigenvalue weighted by Crippen LogP contribution is 2.29. The molecule has 0 aliphatic heterocycles. The number of methoxy groups -OCH3 is 1. The Hall–Kier alpha value is -1.06. The van der Waals surface area contributed by atoms with Crippen molar-refractivity contribution in [3.8, 4) is 0 Å². The van der Waals surface area contributed by atoms with Crippen LogP contribution in [0.3, 0.4) is 0 Å². The number of nitrogens with one attached hydrogen (secondary N) is 1. The zero-order chi connectivity index (χ0) is 15.1. The Morgan fingerprint density at radius 1 is 1.24 bits per heavy atom. The average molecular weight is 290 g/mol. The lowest BCUT2D eigenvalue weighted by atomic mass is 9.86. The zero-order valence-electron chi connectivity index (χ0n) is 13.8. The van der Waals surface area contributed by atoms with Crippen LogP contribution in [0.5, 0.6) is 0 Å². The minimum Gasteiger partial charge on any atom is -0.383 e. The smallest absolute Gasteiger partial charge is 0.0587 e. The maximum Gasteiger partial charge on any atom is 0.0587 e. The second kappa shape index (κ2) is 8.40. The lowest BCUT2D eigenvalue weighted by molar-refractivity contribution is 0.199. The molecule has 3 nitrogen and oxygen atoms in total. The predicted octanol–water partition coefficient (Wildman–Crippen LogP) is 3.44. The number of ether oxygens (including phenoxy) is 1. The van der Waals surface area contributed by atoms with Gasteiger partial charge in [0, 0.05) is 39.0 Å². The Morgan fingerprint density at radius 2 is 2.00 bits per heavy atom. The molecule has 1 aromatic rings. The molecule has 2 atom stereocenters. The molecule has 2 rings (SSSR count). The van der Waals surface area contributed by atoms with Gasteiger partial charge >= 0.3 is 0 Å². The van der Waals surface area contributed by atoms with E-state index in [1.54, 1.807) is 7.11 Å². The van der Waals surface area contributed by atoms with Gasteiger partial charge in [0.05, 0.1) is 6.61 Å². The molecule has 0 bridgehead atoms. The Bertz CT molecular complexity index is 404. The van der Waals surface area contributed by atoms with Gasteiger partial charge in [-0.25, -0.2) is 0 Å². The Morgan fingerprint density at radius 3 is 2.67 bits per heavy atom. The highest BCUT2D eigenvalue weighted by Gasteiger charge is 2.22. The third-order valence-electron chi connectivity index (χ3n) is 4.61. The molecule has 1 saturated carbocycles. The summed E-state index contributed by atoms with van der Waals surface area (Å²) in [7, 11) is 3.98. The lowest BCUT2D eigenvalue weighted by Gasteiger charge is -2.35. The molecule has 1 aliphatic rings. The number of hydrogen-bond donors (Lipinski definition) is 1. The molecular formula is C18H30N2O. The van der Waals surface area contributed by atoms with Crippen molar-refractivity contribution < 1.29 is 4.74 Å². The van der Waals surface area contributed by atoms with Gasteiger partial charge in [0.25, 0.3) is 0 Å². The van der Waals surface area contributed by atoms with Gasteiger partial charge in [-0.05, 0) is 36.5 Å². The van der Waals surface area contributed by atoms with Crippen LogP contribution in [0, 0.1) is 5.92 Å². The fraction of sp³-hybridized carbons (Fsp3) is 0.667. The first kappa shape index (κ1) is 16.3. The second-order valence-electron chi connectivity index (χ2n) is 6.37. The number of benzene rings is 1. The summed E-state index contributed by atoms with van der Waals surface area (Å²) in [5.41, 5.74) is 2.68. The summed E-state index contributed by atoms with van der Waals surface area (Å²) < 4.78 is 5.04. The molecule has 0 amide bonds. The minimum absolute atomic E-state index is 0.708. The van der Waals surface area contributed by atoms with E-state index in [1.165, 1.54) is 36.9 Å². The van der Waals surface area contributed by atoms with E-state index in [1.807, 2.05) is 0 Å². The van der Waals surface area contributed by atoms with E-state index in [0.717, 1.165) is 25.6 Å². The maximum absolute atomic E-state index is 5.04. The van der Waals surface area contributed by atoms with Crippen LogP contribution in [-0.4, -0.2) is 33.4 Å². The van der Waals surface area contributed by atoms with Crippen molar-refractivity contribution in [1.82, 2.24) is 5.32 Å². The molecule has 118 valence electrons. The van der Waals surface area contributed by atoms with Crippen molar-refractivity contribution >= 4 is 5.69 Å². The van der Waals surface area contributed by atoms with Gasteiger partial charge in [0.2, 0.25) is 0 Å². The van der Waals surface area contributed by atoms with Crippen molar-refractivity contribution in [1.29, 1.82) is 0 Å². The topological polar surface area (TPSA) is 24.5 Å². The Labute approximate surface area is 129 Å². The monoisotopic (exact) mass is 290 g/mol. The molecule has 3 heteroatoms. The molecule has 1 aliphatic carbocycles. The van der Waals surface area contributed by atoms with Gasteiger partial charge in [-0.3, -0.25) is 0 Å². The van der Waals surface area contributed by atoms with Crippen LogP contribution in [0.25, 0.3) is 0 Å². The van der Waals surface area contributed by atoms with Gasteiger partial charge in [-0.1, -0.05) is 31.9 Å². The SMILES string of the molecule is COCCNCc1ccc(N(C)C2CCCC(C)C2)cc1. The highest BCUT2D eigenvalue weighted by atomic mass is 16.5. The van der Waals surface area contributed by atoms with Crippen molar-refractivity contribution in [2.75, 3.05) is 32.2 Å². The van der Waals surface area contributed by atoms with Gasteiger partial charge in [-0.2, -0.15) is 0 Å². The molecule has 2 unspecified atom stereocenters. The number of nitrogens with zero attached hydrogens (tertiary/aromatic N) is 1. The van der Waals surface area contributed by atoms with Gasteiger partial charge in [0.15, 0.2) is 0 Å². The van der Waals surface area contributed by atoms with Gasteiger partial charge in [0.1, 0.15) is 0 Å². The average Bonchev–Trinajstić information content (AvgIpc) is 2.51. The normalized spacial score (nSPS) is 22.2. The van der Waals surface area contributed by atoms with Crippen molar-refractivity contribution in [2.24, 2.45) is 5.92 Å². The molecular weight excluding hydrogens is 260 g/mol. The Kier molecular flexibility index (Phi) is 6.52. The molecule has 0 saturated heterocycles. The third kappa shape index (κ3) is 5.01. The summed E-state index contributed by atoms with van der Waals surface area (Å²) in [4.78, 5) is 2.47.